The largest absolute Gasteiger partial charge is 0.454 e. The molecule has 2 aliphatic heterocycles. The van der Waals surface area contributed by atoms with E-state index in [1.807, 2.05) is 4.90 Å². The molecule has 0 saturated carbocycles. The molecule has 0 atom stereocenters. The zero-order valence-corrected chi connectivity index (χ0v) is 17.0. The number of rotatable bonds is 5. The van der Waals surface area contributed by atoms with E-state index >= 15 is 0 Å². The summed E-state index contributed by atoms with van der Waals surface area (Å²) in [7, 11) is -3.86. The SMILES string of the molecule is CCCCN1C(C)=NS(=O)(=O)c2cc(C(=O)Nc3ccc4c(c3)OCO4)ccc21. The summed E-state index contributed by atoms with van der Waals surface area (Å²) >= 11 is 0. The number of fused-ring (bicyclic) bond motifs is 2. The van der Waals surface area contributed by atoms with Crippen LogP contribution in [0.25, 0.3) is 0 Å². The summed E-state index contributed by atoms with van der Waals surface area (Å²) in [6, 6.07) is 9.72. The normalized spacial score (nSPS) is 16.2. The van der Waals surface area contributed by atoms with Gasteiger partial charge in [-0.15, -0.1) is 4.40 Å². The fourth-order valence-corrected chi connectivity index (χ4v) is 4.57. The van der Waals surface area contributed by atoms with E-state index in [9.17, 15) is 13.2 Å². The number of unbranched alkanes of at least 4 members (excludes halogenated alkanes) is 1. The number of anilines is 2. The maximum Gasteiger partial charge on any atom is 0.286 e. The van der Waals surface area contributed by atoms with Crippen molar-refractivity contribution in [2.75, 3.05) is 23.6 Å². The van der Waals surface area contributed by atoms with Gasteiger partial charge in [-0.25, -0.2) is 0 Å². The first-order chi connectivity index (χ1) is 13.9. The molecule has 0 radical (unpaired) electrons. The fourth-order valence-electron chi connectivity index (χ4n) is 3.31. The standard InChI is InChI=1S/C20H21N3O5S/c1-3-4-9-23-13(2)22-29(25,26)19-10-14(5-7-16(19)23)20(24)21-15-6-8-17-18(11-15)28-12-27-17/h5-8,10-11H,3-4,9,12H2,1-2H3,(H,21,24). The van der Waals surface area contributed by atoms with E-state index in [1.54, 1.807) is 37.3 Å². The van der Waals surface area contributed by atoms with Gasteiger partial charge in [0.05, 0.1) is 5.69 Å². The summed E-state index contributed by atoms with van der Waals surface area (Å²) in [6.45, 7) is 4.55. The van der Waals surface area contributed by atoms with Crippen molar-refractivity contribution in [2.45, 2.75) is 31.6 Å². The molecule has 0 aromatic heterocycles. The number of hydrogen-bond acceptors (Lipinski definition) is 6. The maximum absolute atomic E-state index is 12.7. The predicted octanol–water partition coefficient (Wildman–Crippen LogP) is 3.39. The molecular weight excluding hydrogens is 394 g/mol. The molecule has 0 unspecified atom stereocenters. The average Bonchev–Trinajstić information content (AvgIpc) is 3.15. The third-order valence-electron chi connectivity index (χ3n) is 4.80. The van der Waals surface area contributed by atoms with Crippen molar-refractivity contribution in [2.24, 2.45) is 4.40 Å². The van der Waals surface area contributed by atoms with Crippen molar-refractivity contribution in [3.63, 3.8) is 0 Å². The van der Waals surface area contributed by atoms with Crippen LogP contribution in [0.1, 0.15) is 37.0 Å². The highest BCUT2D eigenvalue weighted by molar-refractivity contribution is 7.90. The van der Waals surface area contributed by atoms with E-state index in [-0.39, 0.29) is 17.3 Å². The van der Waals surface area contributed by atoms with E-state index in [2.05, 4.69) is 16.6 Å². The van der Waals surface area contributed by atoms with Gasteiger partial charge in [0, 0.05) is 23.9 Å². The lowest BCUT2D eigenvalue weighted by Crippen LogP contribution is -2.34. The van der Waals surface area contributed by atoms with Crippen molar-refractivity contribution < 1.29 is 22.7 Å². The molecule has 2 aliphatic rings. The first kappa shape index (κ1) is 19.3. The molecule has 8 nitrogen and oxygen atoms in total. The molecule has 1 amide bonds. The van der Waals surface area contributed by atoms with Gasteiger partial charge < -0.3 is 19.7 Å². The summed E-state index contributed by atoms with van der Waals surface area (Å²) in [6.07, 6.45) is 1.88. The Balaban J connectivity index is 1.63. The van der Waals surface area contributed by atoms with Crippen LogP contribution in [0.5, 0.6) is 11.5 Å². The van der Waals surface area contributed by atoms with Crippen molar-refractivity contribution in [1.82, 2.24) is 0 Å². The molecule has 2 aromatic rings. The number of nitrogens with zero attached hydrogens (tertiary/aromatic N) is 2. The number of nitrogens with one attached hydrogen (secondary N) is 1. The van der Waals surface area contributed by atoms with Gasteiger partial charge in [-0.1, -0.05) is 13.3 Å². The zero-order valence-electron chi connectivity index (χ0n) is 16.1. The van der Waals surface area contributed by atoms with Gasteiger partial charge in [0.1, 0.15) is 10.7 Å². The fraction of sp³-hybridized carbons (Fsp3) is 0.300. The molecule has 0 aliphatic carbocycles. The summed E-state index contributed by atoms with van der Waals surface area (Å²) in [5, 5.41) is 2.76. The Morgan fingerprint density at radius 1 is 1.17 bits per heavy atom. The van der Waals surface area contributed by atoms with Gasteiger partial charge in [0.15, 0.2) is 11.5 Å². The third-order valence-corrected chi connectivity index (χ3v) is 6.19. The van der Waals surface area contributed by atoms with Crippen LogP contribution in [0.3, 0.4) is 0 Å². The molecule has 0 spiro atoms. The molecule has 0 fully saturated rings. The summed E-state index contributed by atoms with van der Waals surface area (Å²) < 4.78 is 39.6. The molecule has 29 heavy (non-hydrogen) atoms. The van der Waals surface area contributed by atoms with E-state index in [1.165, 1.54) is 6.07 Å². The second kappa shape index (κ2) is 7.40. The van der Waals surface area contributed by atoms with Crippen LogP contribution in [0.15, 0.2) is 45.7 Å². The molecule has 1 N–H and O–H groups in total. The lowest BCUT2D eigenvalue weighted by Gasteiger charge is -2.29. The zero-order chi connectivity index (χ0) is 20.6. The Morgan fingerprint density at radius 3 is 2.76 bits per heavy atom. The highest BCUT2D eigenvalue weighted by Crippen LogP contribution is 2.35. The topological polar surface area (TPSA) is 97.3 Å². The van der Waals surface area contributed by atoms with Gasteiger partial charge in [-0.05, 0) is 43.7 Å². The maximum atomic E-state index is 12.7. The monoisotopic (exact) mass is 415 g/mol. The van der Waals surface area contributed by atoms with E-state index in [0.29, 0.717) is 35.3 Å². The number of amides is 1. The van der Waals surface area contributed by atoms with Gasteiger partial charge >= 0.3 is 0 Å². The number of benzene rings is 2. The number of sulfonamides is 1. The molecule has 0 bridgehead atoms. The van der Waals surface area contributed by atoms with E-state index in [4.69, 9.17) is 9.47 Å². The first-order valence-electron chi connectivity index (χ1n) is 9.33. The highest BCUT2D eigenvalue weighted by atomic mass is 32.2. The second-order valence-corrected chi connectivity index (χ2v) is 8.40. The van der Waals surface area contributed by atoms with Crippen LogP contribution in [0.4, 0.5) is 11.4 Å². The minimum absolute atomic E-state index is 0.0394. The number of carbonyl (C=O) groups excluding carboxylic acids is 1. The quantitative estimate of drug-likeness (QED) is 0.804. The lowest BCUT2D eigenvalue weighted by molar-refractivity contribution is 0.102. The molecule has 4 rings (SSSR count). The Labute approximate surface area is 169 Å². The predicted molar refractivity (Wildman–Crippen MR) is 110 cm³/mol. The summed E-state index contributed by atoms with van der Waals surface area (Å²) in [5.41, 5.74) is 1.30. The number of carbonyl (C=O) groups is 1. The van der Waals surface area contributed by atoms with E-state index in [0.717, 1.165) is 12.8 Å². The van der Waals surface area contributed by atoms with Crippen LogP contribution < -0.4 is 19.7 Å². The Bertz CT molecular complexity index is 1110. The van der Waals surface area contributed by atoms with Gasteiger partial charge in [-0.2, -0.15) is 8.42 Å². The molecule has 0 saturated heterocycles. The molecule has 2 aromatic carbocycles. The van der Waals surface area contributed by atoms with Crippen molar-refractivity contribution in [3.05, 3.63) is 42.0 Å². The van der Waals surface area contributed by atoms with Crippen LogP contribution in [-0.4, -0.2) is 33.5 Å². The Hall–Kier alpha value is -3.07. The van der Waals surface area contributed by atoms with Crippen LogP contribution in [0, 0.1) is 0 Å². The molecule has 2 heterocycles. The van der Waals surface area contributed by atoms with E-state index < -0.39 is 15.9 Å². The van der Waals surface area contributed by atoms with Crippen LogP contribution in [0.2, 0.25) is 0 Å². The summed E-state index contributed by atoms with van der Waals surface area (Å²) in [4.78, 5) is 14.6. The van der Waals surface area contributed by atoms with Gasteiger partial charge in [0.2, 0.25) is 6.79 Å². The van der Waals surface area contributed by atoms with Crippen molar-refractivity contribution in [3.8, 4) is 11.5 Å². The number of hydrogen-bond donors (Lipinski definition) is 1. The number of amidine groups is 1. The average molecular weight is 415 g/mol. The highest BCUT2D eigenvalue weighted by Gasteiger charge is 2.29. The molecule has 9 heteroatoms. The Kier molecular flexibility index (Phi) is 4.91. The van der Waals surface area contributed by atoms with Crippen molar-refractivity contribution >= 4 is 33.1 Å². The smallest absolute Gasteiger partial charge is 0.286 e. The van der Waals surface area contributed by atoms with Crippen molar-refractivity contribution in [1.29, 1.82) is 0 Å². The van der Waals surface area contributed by atoms with Gasteiger partial charge in [-0.3, -0.25) is 4.79 Å². The number of ether oxygens (including phenoxy) is 2. The minimum Gasteiger partial charge on any atom is -0.454 e. The lowest BCUT2D eigenvalue weighted by atomic mass is 10.1. The van der Waals surface area contributed by atoms with Gasteiger partial charge in [0.25, 0.3) is 15.9 Å². The second-order valence-electron chi connectivity index (χ2n) is 6.82. The first-order valence-corrected chi connectivity index (χ1v) is 10.8. The molecule has 152 valence electrons. The minimum atomic E-state index is -3.86. The summed E-state index contributed by atoms with van der Waals surface area (Å²) in [5.74, 6) is 1.17. The van der Waals surface area contributed by atoms with Crippen LogP contribution in [-0.2, 0) is 10.0 Å². The van der Waals surface area contributed by atoms with Crippen LogP contribution >= 0.6 is 0 Å². The third kappa shape index (κ3) is 3.65. The molecular formula is C20H21N3O5S. The Morgan fingerprint density at radius 2 is 1.97 bits per heavy atom.